The number of nitrogens with one attached hydrogen (secondary N) is 2. The Morgan fingerprint density at radius 2 is 2.00 bits per heavy atom. The normalized spacial score (nSPS) is 24.1. The van der Waals surface area contributed by atoms with Crippen LogP contribution in [0, 0.1) is 12.8 Å². The zero-order valence-corrected chi connectivity index (χ0v) is 15.9. The average Bonchev–Trinajstić information content (AvgIpc) is 2.48. The van der Waals surface area contributed by atoms with Crippen molar-refractivity contribution in [3.63, 3.8) is 0 Å². The van der Waals surface area contributed by atoms with Gasteiger partial charge < -0.3 is 11.1 Å². The van der Waals surface area contributed by atoms with Crippen LogP contribution in [0.4, 0.5) is 5.69 Å². The largest absolute Gasteiger partial charge is 0.326 e. The highest BCUT2D eigenvalue weighted by Gasteiger charge is 2.37. The van der Waals surface area contributed by atoms with Gasteiger partial charge >= 0.3 is 0 Å². The van der Waals surface area contributed by atoms with Crippen molar-refractivity contribution >= 4 is 34.0 Å². The van der Waals surface area contributed by atoms with Crippen LogP contribution in [0.2, 0.25) is 0 Å². The minimum absolute atomic E-state index is 0. The van der Waals surface area contributed by atoms with Crippen LogP contribution in [0.3, 0.4) is 0 Å². The SMILES string of the molecule is CNS(=O)(=O)c1cc(NC(=O)C2CCCCC2(C)N)ccc1C.Cl. The Bertz CT molecular complexity index is 705. The molecule has 1 aromatic rings. The fraction of sp³-hybridized carbons (Fsp3) is 0.562. The maximum Gasteiger partial charge on any atom is 0.240 e. The second-order valence-electron chi connectivity index (χ2n) is 6.48. The number of nitrogens with two attached hydrogens (primary N) is 1. The molecule has 1 amide bonds. The number of halogens is 1. The molecule has 24 heavy (non-hydrogen) atoms. The molecule has 4 N–H and O–H groups in total. The van der Waals surface area contributed by atoms with Crippen molar-refractivity contribution in [3.8, 4) is 0 Å². The van der Waals surface area contributed by atoms with Crippen molar-refractivity contribution in [2.24, 2.45) is 11.7 Å². The maximum atomic E-state index is 12.5. The van der Waals surface area contributed by atoms with E-state index in [0.29, 0.717) is 11.3 Å². The van der Waals surface area contributed by atoms with E-state index in [1.807, 2.05) is 6.92 Å². The quantitative estimate of drug-likeness (QED) is 0.750. The van der Waals surface area contributed by atoms with E-state index in [-0.39, 0.29) is 29.1 Å². The van der Waals surface area contributed by atoms with Crippen LogP contribution >= 0.6 is 12.4 Å². The molecule has 0 saturated heterocycles. The monoisotopic (exact) mass is 375 g/mol. The molecule has 0 heterocycles. The summed E-state index contributed by atoms with van der Waals surface area (Å²) in [5.74, 6) is -0.409. The van der Waals surface area contributed by atoms with Crippen LogP contribution in [0.1, 0.15) is 38.2 Å². The van der Waals surface area contributed by atoms with Crippen LogP contribution in [0.15, 0.2) is 23.1 Å². The first-order chi connectivity index (χ1) is 10.7. The fourth-order valence-corrected chi connectivity index (χ4v) is 4.09. The number of aryl methyl sites for hydroxylation is 1. The summed E-state index contributed by atoms with van der Waals surface area (Å²) in [6, 6.07) is 4.87. The van der Waals surface area contributed by atoms with Crippen molar-refractivity contribution in [1.82, 2.24) is 4.72 Å². The summed E-state index contributed by atoms with van der Waals surface area (Å²) in [7, 11) is -2.20. The Hall–Kier alpha value is -1.15. The van der Waals surface area contributed by atoms with E-state index in [9.17, 15) is 13.2 Å². The summed E-state index contributed by atoms with van der Waals surface area (Å²) in [5.41, 5.74) is 6.83. The summed E-state index contributed by atoms with van der Waals surface area (Å²) < 4.78 is 26.3. The number of carbonyl (C=O) groups is 1. The van der Waals surface area contributed by atoms with E-state index in [0.717, 1.165) is 25.7 Å². The molecule has 8 heteroatoms. The molecule has 1 aromatic carbocycles. The van der Waals surface area contributed by atoms with Crippen molar-refractivity contribution in [2.75, 3.05) is 12.4 Å². The third-order valence-corrected chi connectivity index (χ3v) is 6.14. The molecule has 1 aliphatic carbocycles. The Morgan fingerprint density at radius 1 is 1.33 bits per heavy atom. The van der Waals surface area contributed by atoms with Crippen LogP contribution in [-0.4, -0.2) is 26.9 Å². The first-order valence-corrected chi connectivity index (χ1v) is 9.29. The summed E-state index contributed by atoms with van der Waals surface area (Å²) in [5, 5.41) is 2.82. The third-order valence-electron chi connectivity index (χ3n) is 4.58. The molecule has 2 rings (SSSR count). The van der Waals surface area contributed by atoms with Gasteiger partial charge in [0.25, 0.3) is 0 Å². The number of amides is 1. The van der Waals surface area contributed by atoms with Gasteiger partial charge in [-0.05, 0) is 51.4 Å². The predicted molar refractivity (Wildman–Crippen MR) is 97.9 cm³/mol. The average molecular weight is 376 g/mol. The van der Waals surface area contributed by atoms with E-state index in [2.05, 4.69) is 10.0 Å². The van der Waals surface area contributed by atoms with E-state index in [4.69, 9.17) is 5.73 Å². The Labute approximate surface area is 150 Å². The minimum Gasteiger partial charge on any atom is -0.326 e. The van der Waals surface area contributed by atoms with E-state index in [1.54, 1.807) is 19.1 Å². The molecule has 0 bridgehead atoms. The van der Waals surface area contributed by atoms with Crippen molar-refractivity contribution in [3.05, 3.63) is 23.8 Å². The lowest BCUT2D eigenvalue weighted by molar-refractivity contribution is -0.122. The summed E-state index contributed by atoms with van der Waals surface area (Å²) >= 11 is 0. The molecule has 1 fully saturated rings. The topological polar surface area (TPSA) is 101 Å². The molecule has 0 radical (unpaired) electrons. The number of hydrogen-bond acceptors (Lipinski definition) is 4. The Morgan fingerprint density at radius 3 is 2.58 bits per heavy atom. The lowest BCUT2D eigenvalue weighted by Crippen LogP contribution is -2.51. The highest BCUT2D eigenvalue weighted by atomic mass is 35.5. The lowest BCUT2D eigenvalue weighted by atomic mass is 9.74. The van der Waals surface area contributed by atoms with Gasteiger partial charge in [-0.1, -0.05) is 18.9 Å². The molecular formula is C16H26ClN3O3S. The Balaban J connectivity index is 0.00000288. The van der Waals surface area contributed by atoms with Crippen molar-refractivity contribution in [1.29, 1.82) is 0 Å². The second kappa shape index (κ2) is 7.82. The van der Waals surface area contributed by atoms with Crippen molar-refractivity contribution in [2.45, 2.75) is 50.0 Å². The molecule has 1 aliphatic rings. The van der Waals surface area contributed by atoms with Crippen LogP contribution < -0.4 is 15.8 Å². The molecule has 136 valence electrons. The molecule has 0 aromatic heterocycles. The second-order valence-corrected chi connectivity index (χ2v) is 8.34. The summed E-state index contributed by atoms with van der Waals surface area (Å²) in [6.45, 7) is 3.62. The molecular weight excluding hydrogens is 350 g/mol. The zero-order chi connectivity index (χ0) is 17.3. The van der Waals surface area contributed by atoms with Crippen LogP contribution in [-0.2, 0) is 14.8 Å². The van der Waals surface area contributed by atoms with Gasteiger partial charge in [0.2, 0.25) is 15.9 Å². The molecule has 0 aliphatic heterocycles. The summed E-state index contributed by atoms with van der Waals surface area (Å²) in [6.07, 6.45) is 3.59. The summed E-state index contributed by atoms with van der Waals surface area (Å²) in [4.78, 5) is 12.7. The van der Waals surface area contributed by atoms with E-state index < -0.39 is 15.6 Å². The number of benzene rings is 1. The van der Waals surface area contributed by atoms with Gasteiger partial charge in [0, 0.05) is 11.2 Å². The molecule has 6 nitrogen and oxygen atoms in total. The van der Waals surface area contributed by atoms with Gasteiger partial charge in [0.15, 0.2) is 0 Å². The minimum atomic E-state index is -3.56. The number of sulfonamides is 1. The van der Waals surface area contributed by atoms with Gasteiger partial charge in [-0.15, -0.1) is 12.4 Å². The highest BCUT2D eigenvalue weighted by Crippen LogP contribution is 2.32. The number of carbonyl (C=O) groups excluding carboxylic acids is 1. The highest BCUT2D eigenvalue weighted by molar-refractivity contribution is 7.89. The van der Waals surface area contributed by atoms with Crippen LogP contribution in [0.25, 0.3) is 0 Å². The standard InChI is InChI=1S/C16H25N3O3S.ClH/c1-11-7-8-12(10-14(11)23(21,22)18-3)19-15(20)13-6-4-5-9-16(13,2)17;/h7-8,10,13,18H,4-6,9,17H2,1-3H3,(H,19,20);1H. The molecule has 2 unspecified atom stereocenters. The van der Waals surface area contributed by atoms with E-state index in [1.165, 1.54) is 13.1 Å². The predicted octanol–water partition coefficient (Wildman–Crippen LogP) is 2.17. The van der Waals surface area contributed by atoms with Gasteiger partial charge in [-0.3, -0.25) is 4.79 Å². The van der Waals surface area contributed by atoms with E-state index >= 15 is 0 Å². The van der Waals surface area contributed by atoms with Gasteiger partial charge in [0.05, 0.1) is 10.8 Å². The Kier molecular flexibility index (Phi) is 6.81. The van der Waals surface area contributed by atoms with Crippen molar-refractivity contribution < 1.29 is 13.2 Å². The molecule has 0 spiro atoms. The fourth-order valence-electron chi connectivity index (χ4n) is 3.10. The first-order valence-electron chi connectivity index (χ1n) is 7.81. The number of rotatable bonds is 4. The zero-order valence-electron chi connectivity index (χ0n) is 14.3. The number of hydrogen-bond donors (Lipinski definition) is 3. The van der Waals surface area contributed by atoms with Gasteiger partial charge in [0.1, 0.15) is 0 Å². The van der Waals surface area contributed by atoms with Crippen LogP contribution in [0.5, 0.6) is 0 Å². The smallest absolute Gasteiger partial charge is 0.240 e. The number of anilines is 1. The maximum absolute atomic E-state index is 12.5. The first kappa shape index (κ1) is 20.9. The molecule has 1 saturated carbocycles. The van der Waals surface area contributed by atoms with Gasteiger partial charge in [-0.2, -0.15) is 0 Å². The van der Waals surface area contributed by atoms with Gasteiger partial charge in [-0.25, -0.2) is 13.1 Å². The lowest BCUT2D eigenvalue weighted by Gasteiger charge is -2.37. The molecule has 2 atom stereocenters. The third kappa shape index (κ3) is 4.47.